The predicted octanol–water partition coefficient (Wildman–Crippen LogP) is 2.78. The highest BCUT2D eigenvalue weighted by atomic mass is 16.5. The van der Waals surface area contributed by atoms with E-state index in [0.29, 0.717) is 11.5 Å². The zero-order valence-corrected chi connectivity index (χ0v) is 7.58. The van der Waals surface area contributed by atoms with Crippen LogP contribution in [0.4, 0.5) is 0 Å². The first-order valence-corrected chi connectivity index (χ1v) is 4.37. The molecule has 0 aromatic heterocycles. The van der Waals surface area contributed by atoms with Gasteiger partial charge < -0.3 is 4.74 Å². The average Bonchev–Trinajstić information content (AvgIpc) is 2.05. The molecule has 1 heterocycles. The third kappa shape index (κ3) is 1.14. The number of benzene rings is 1. The van der Waals surface area contributed by atoms with Gasteiger partial charge in [-0.1, -0.05) is 44.2 Å². The van der Waals surface area contributed by atoms with E-state index in [1.54, 1.807) is 0 Å². The van der Waals surface area contributed by atoms with E-state index in [2.05, 4.69) is 38.1 Å². The van der Waals surface area contributed by atoms with Crippen LogP contribution in [0, 0.1) is 5.41 Å². The van der Waals surface area contributed by atoms with Gasteiger partial charge in [-0.05, 0) is 5.56 Å². The van der Waals surface area contributed by atoms with Gasteiger partial charge in [0, 0.05) is 5.41 Å². The van der Waals surface area contributed by atoms with Gasteiger partial charge in [-0.25, -0.2) is 0 Å². The van der Waals surface area contributed by atoms with Crippen molar-refractivity contribution in [1.29, 1.82) is 0 Å². The molecule has 1 unspecified atom stereocenters. The third-order valence-corrected chi connectivity index (χ3v) is 2.43. The number of rotatable bonds is 1. The monoisotopic (exact) mass is 162 g/mol. The molecular formula is C11H14O. The highest BCUT2D eigenvalue weighted by molar-refractivity contribution is 5.21. The Labute approximate surface area is 73.4 Å². The molecule has 1 aromatic rings. The van der Waals surface area contributed by atoms with E-state index in [1.165, 1.54) is 5.56 Å². The zero-order chi connectivity index (χ0) is 8.60. The fourth-order valence-electron chi connectivity index (χ4n) is 1.68. The van der Waals surface area contributed by atoms with Crippen LogP contribution in [0.15, 0.2) is 30.3 Å². The first-order valence-electron chi connectivity index (χ1n) is 4.37. The van der Waals surface area contributed by atoms with Gasteiger partial charge in [0.2, 0.25) is 0 Å². The molecule has 1 heteroatoms. The van der Waals surface area contributed by atoms with Crippen molar-refractivity contribution < 1.29 is 4.74 Å². The highest BCUT2D eigenvalue weighted by Crippen LogP contribution is 2.45. The van der Waals surface area contributed by atoms with Crippen molar-refractivity contribution in [2.24, 2.45) is 5.41 Å². The average molecular weight is 162 g/mol. The van der Waals surface area contributed by atoms with E-state index >= 15 is 0 Å². The summed E-state index contributed by atoms with van der Waals surface area (Å²) in [5, 5.41) is 0. The molecule has 1 atom stereocenters. The molecule has 0 N–H and O–H groups in total. The molecule has 12 heavy (non-hydrogen) atoms. The molecule has 1 aliphatic heterocycles. The number of ether oxygens (including phenoxy) is 1. The molecule has 0 spiro atoms. The minimum atomic E-state index is 0.304. The largest absolute Gasteiger partial charge is 0.372 e. The van der Waals surface area contributed by atoms with E-state index in [4.69, 9.17) is 4.74 Å². The molecule has 64 valence electrons. The minimum Gasteiger partial charge on any atom is -0.372 e. The molecular weight excluding hydrogens is 148 g/mol. The number of hydrogen-bond acceptors (Lipinski definition) is 1. The Morgan fingerprint density at radius 2 is 1.92 bits per heavy atom. The van der Waals surface area contributed by atoms with Crippen LogP contribution in [-0.4, -0.2) is 6.61 Å². The summed E-state index contributed by atoms with van der Waals surface area (Å²) in [6, 6.07) is 10.4. The summed E-state index contributed by atoms with van der Waals surface area (Å²) in [4.78, 5) is 0. The lowest BCUT2D eigenvalue weighted by Crippen LogP contribution is -2.40. The Morgan fingerprint density at radius 3 is 2.33 bits per heavy atom. The van der Waals surface area contributed by atoms with Crippen LogP contribution in [0.3, 0.4) is 0 Å². The Bertz CT molecular complexity index is 264. The van der Waals surface area contributed by atoms with E-state index in [0.717, 1.165) is 6.61 Å². The first-order chi connectivity index (χ1) is 5.70. The van der Waals surface area contributed by atoms with Gasteiger partial charge in [-0.2, -0.15) is 0 Å². The van der Waals surface area contributed by atoms with Crippen LogP contribution in [0.5, 0.6) is 0 Å². The van der Waals surface area contributed by atoms with Crippen molar-refractivity contribution in [3.63, 3.8) is 0 Å². The second kappa shape index (κ2) is 2.60. The molecule has 1 aliphatic rings. The summed E-state index contributed by atoms with van der Waals surface area (Å²) in [5.41, 5.74) is 1.62. The standard InChI is InChI=1S/C11H14O/c1-11(2)8-12-10(11)9-6-4-3-5-7-9/h3-7,10H,8H2,1-2H3. The molecule has 1 aromatic carbocycles. The Hall–Kier alpha value is -0.820. The molecule has 2 rings (SSSR count). The molecule has 0 bridgehead atoms. The van der Waals surface area contributed by atoms with E-state index < -0.39 is 0 Å². The van der Waals surface area contributed by atoms with Gasteiger partial charge >= 0.3 is 0 Å². The van der Waals surface area contributed by atoms with E-state index in [1.807, 2.05) is 6.07 Å². The molecule has 1 saturated heterocycles. The molecule has 0 amide bonds. The lowest BCUT2D eigenvalue weighted by Gasteiger charge is -2.44. The normalized spacial score (nSPS) is 26.3. The van der Waals surface area contributed by atoms with Gasteiger partial charge in [0.15, 0.2) is 0 Å². The fraction of sp³-hybridized carbons (Fsp3) is 0.455. The second-order valence-electron chi connectivity index (χ2n) is 4.09. The summed E-state index contributed by atoms with van der Waals surface area (Å²) in [6.07, 6.45) is 0.304. The van der Waals surface area contributed by atoms with Crippen LogP contribution in [0.1, 0.15) is 25.5 Å². The topological polar surface area (TPSA) is 9.23 Å². The Kier molecular flexibility index (Phi) is 1.69. The summed E-state index contributed by atoms with van der Waals surface area (Å²) >= 11 is 0. The van der Waals surface area contributed by atoms with Crippen LogP contribution >= 0.6 is 0 Å². The molecule has 1 nitrogen and oxygen atoms in total. The van der Waals surface area contributed by atoms with Crippen molar-refractivity contribution in [2.45, 2.75) is 20.0 Å². The first kappa shape index (κ1) is 7.81. The lowest BCUT2D eigenvalue weighted by molar-refractivity contribution is -0.172. The maximum absolute atomic E-state index is 5.53. The summed E-state index contributed by atoms with van der Waals surface area (Å²) in [7, 11) is 0. The van der Waals surface area contributed by atoms with Crippen LogP contribution in [-0.2, 0) is 4.74 Å². The predicted molar refractivity (Wildman–Crippen MR) is 48.9 cm³/mol. The van der Waals surface area contributed by atoms with Crippen molar-refractivity contribution in [3.8, 4) is 0 Å². The number of hydrogen-bond donors (Lipinski definition) is 0. The summed E-state index contributed by atoms with van der Waals surface area (Å²) in [5.74, 6) is 0. The van der Waals surface area contributed by atoms with E-state index in [9.17, 15) is 0 Å². The Morgan fingerprint density at radius 1 is 1.25 bits per heavy atom. The van der Waals surface area contributed by atoms with Crippen LogP contribution in [0.2, 0.25) is 0 Å². The maximum Gasteiger partial charge on any atom is 0.0898 e. The van der Waals surface area contributed by atoms with Crippen molar-refractivity contribution >= 4 is 0 Å². The molecule has 1 fully saturated rings. The van der Waals surface area contributed by atoms with Gasteiger partial charge in [0.1, 0.15) is 0 Å². The fourth-order valence-corrected chi connectivity index (χ4v) is 1.68. The lowest BCUT2D eigenvalue weighted by atomic mass is 9.79. The Balaban J connectivity index is 2.22. The van der Waals surface area contributed by atoms with Crippen molar-refractivity contribution in [2.75, 3.05) is 6.61 Å². The van der Waals surface area contributed by atoms with Gasteiger partial charge in [-0.3, -0.25) is 0 Å². The van der Waals surface area contributed by atoms with Crippen molar-refractivity contribution in [3.05, 3.63) is 35.9 Å². The minimum absolute atomic E-state index is 0.304. The summed E-state index contributed by atoms with van der Waals surface area (Å²) < 4.78 is 5.53. The van der Waals surface area contributed by atoms with Gasteiger partial charge in [0.05, 0.1) is 12.7 Å². The van der Waals surface area contributed by atoms with Crippen LogP contribution in [0.25, 0.3) is 0 Å². The SMILES string of the molecule is CC1(C)COC1c1ccccc1. The van der Waals surface area contributed by atoms with E-state index in [-0.39, 0.29) is 0 Å². The van der Waals surface area contributed by atoms with Gasteiger partial charge in [-0.15, -0.1) is 0 Å². The molecule has 0 radical (unpaired) electrons. The second-order valence-corrected chi connectivity index (χ2v) is 4.09. The van der Waals surface area contributed by atoms with Gasteiger partial charge in [0.25, 0.3) is 0 Å². The molecule has 0 saturated carbocycles. The quantitative estimate of drug-likeness (QED) is 0.617. The molecule has 0 aliphatic carbocycles. The van der Waals surface area contributed by atoms with Crippen molar-refractivity contribution in [1.82, 2.24) is 0 Å². The maximum atomic E-state index is 5.53. The van der Waals surface area contributed by atoms with Crippen LogP contribution < -0.4 is 0 Å². The smallest absolute Gasteiger partial charge is 0.0898 e. The third-order valence-electron chi connectivity index (χ3n) is 2.43. The zero-order valence-electron chi connectivity index (χ0n) is 7.58. The highest BCUT2D eigenvalue weighted by Gasteiger charge is 2.40. The summed E-state index contributed by atoms with van der Waals surface area (Å²) in [6.45, 7) is 5.37.